The van der Waals surface area contributed by atoms with Crippen molar-refractivity contribution in [3.63, 3.8) is 0 Å². The minimum absolute atomic E-state index is 0.304. The summed E-state index contributed by atoms with van der Waals surface area (Å²) in [5.41, 5.74) is 1.66. The lowest BCUT2D eigenvalue weighted by atomic mass is 9.78. The Bertz CT molecular complexity index is 1110. The Morgan fingerprint density at radius 2 is 1.61 bits per heavy atom. The van der Waals surface area contributed by atoms with Crippen molar-refractivity contribution in [2.75, 3.05) is 19.8 Å². The van der Waals surface area contributed by atoms with Gasteiger partial charge in [0, 0.05) is 11.8 Å². The summed E-state index contributed by atoms with van der Waals surface area (Å²) in [6.07, 6.45) is 2.35. The van der Waals surface area contributed by atoms with E-state index in [9.17, 15) is 14.4 Å². The number of hydrogen-bond donors (Lipinski definition) is 1. The average Bonchev–Trinajstić information content (AvgIpc) is 3.23. The fourth-order valence-corrected chi connectivity index (χ4v) is 5.46. The highest BCUT2D eigenvalue weighted by atomic mass is 32.2. The van der Waals surface area contributed by atoms with Crippen molar-refractivity contribution in [3.05, 3.63) is 60.2 Å². The van der Waals surface area contributed by atoms with Gasteiger partial charge in [-0.1, -0.05) is 68.4 Å². The molecular weight excluding hydrogens is 500 g/mol. The highest BCUT2D eigenvalue weighted by molar-refractivity contribution is 7.99. The summed E-state index contributed by atoms with van der Waals surface area (Å²) in [5, 5.41) is 3.00. The molecule has 0 saturated carbocycles. The Morgan fingerprint density at radius 1 is 1.00 bits per heavy atom. The Kier molecular flexibility index (Phi) is 9.65. The van der Waals surface area contributed by atoms with E-state index in [-0.39, 0.29) is 0 Å². The third kappa shape index (κ3) is 8.08. The topological polar surface area (TPSA) is 84.9 Å². The molecule has 3 atom stereocenters. The smallest absolute Gasteiger partial charge is 0.408 e. The largest absolute Gasteiger partial charge is 0.444 e. The van der Waals surface area contributed by atoms with Crippen molar-refractivity contribution in [3.8, 4) is 11.1 Å². The van der Waals surface area contributed by atoms with E-state index >= 15 is 0 Å². The number of alkyl carbamates (subject to hydrolysis) is 1. The molecule has 0 radical (unpaired) electrons. The molecule has 1 heterocycles. The van der Waals surface area contributed by atoms with Crippen LogP contribution in [0.3, 0.4) is 0 Å². The third-order valence-electron chi connectivity index (χ3n) is 6.72. The molecule has 1 aliphatic heterocycles. The summed E-state index contributed by atoms with van der Waals surface area (Å²) in [5.74, 6) is -1.37. The fourth-order valence-electron chi connectivity index (χ4n) is 4.70. The number of rotatable bonds is 8. The van der Waals surface area contributed by atoms with E-state index in [0.29, 0.717) is 18.1 Å². The molecule has 1 amide bonds. The molecule has 0 aliphatic carbocycles. The zero-order valence-corrected chi connectivity index (χ0v) is 24.3. The highest BCUT2D eigenvalue weighted by Crippen LogP contribution is 2.30. The maximum absolute atomic E-state index is 13.4. The van der Waals surface area contributed by atoms with Gasteiger partial charge in [0.05, 0.1) is 0 Å². The van der Waals surface area contributed by atoms with Crippen LogP contribution in [0.4, 0.5) is 4.79 Å². The van der Waals surface area contributed by atoms with Crippen LogP contribution in [-0.2, 0) is 25.5 Å². The normalized spacial score (nSPS) is 19.0. The molecule has 1 aliphatic rings. The van der Waals surface area contributed by atoms with E-state index in [1.54, 1.807) is 32.5 Å². The van der Waals surface area contributed by atoms with E-state index in [1.165, 1.54) is 0 Å². The molecule has 2 aromatic carbocycles. The molecule has 2 aromatic rings. The summed E-state index contributed by atoms with van der Waals surface area (Å²) >= 11 is 1.69. The predicted molar refractivity (Wildman–Crippen MR) is 152 cm³/mol. The van der Waals surface area contributed by atoms with Crippen molar-refractivity contribution in [1.29, 1.82) is 0 Å². The summed E-state index contributed by atoms with van der Waals surface area (Å²) in [7, 11) is 1.85. The van der Waals surface area contributed by atoms with Gasteiger partial charge in [0.1, 0.15) is 17.7 Å². The quantitative estimate of drug-likeness (QED) is 0.358. The molecule has 8 heteroatoms. The number of esters is 2. The van der Waals surface area contributed by atoms with Gasteiger partial charge in [0.25, 0.3) is 0 Å². The first-order valence-corrected chi connectivity index (χ1v) is 14.2. The number of hydrogen-bond acceptors (Lipinski definition) is 7. The van der Waals surface area contributed by atoms with Crippen molar-refractivity contribution in [2.45, 2.75) is 70.4 Å². The van der Waals surface area contributed by atoms with Gasteiger partial charge < -0.3 is 14.8 Å². The number of likely N-dealkylation sites (tertiary alicyclic amines) is 1. The van der Waals surface area contributed by atoms with E-state index in [2.05, 4.69) is 17.4 Å². The van der Waals surface area contributed by atoms with Crippen LogP contribution in [0, 0.1) is 5.41 Å². The second kappa shape index (κ2) is 12.3. The maximum Gasteiger partial charge on any atom is 0.408 e. The number of thioether (sulfide) groups is 1. The zero-order valence-electron chi connectivity index (χ0n) is 23.4. The second-order valence-corrected chi connectivity index (χ2v) is 12.7. The van der Waals surface area contributed by atoms with Crippen LogP contribution in [0.5, 0.6) is 0 Å². The van der Waals surface area contributed by atoms with Crippen LogP contribution in [0.1, 0.15) is 46.6 Å². The minimum Gasteiger partial charge on any atom is -0.444 e. The first-order valence-electron chi connectivity index (χ1n) is 12.9. The van der Waals surface area contributed by atoms with Crippen molar-refractivity contribution < 1.29 is 23.9 Å². The van der Waals surface area contributed by atoms with Gasteiger partial charge in [-0.15, -0.1) is 0 Å². The SMILES string of the molecule is CS[C@@H]1C[C@@H](C(=O)OC(=O)C(NC(=O)OC(C)(C)C)C(C)(C)Cc2ccc(-c3ccccc3)cc2)N(C)C1. The lowest BCUT2D eigenvalue weighted by molar-refractivity contribution is -0.166. The van der Waals surface area contributed by atoms with Gasteiger partial charge in [0.2, 0.25) is 0 Å². The summed E-state index contributed by atoms with van der Waals surface area (Å²) in [4.78, 5) is 41.0. The lowest BCUT2D eigenvalue weighted by Gasteiger charge is -2.34. The molecule has 1 N–H and O–H groups in total. The Balaban J connectivity index is 1.78. The number of nitrogens with one attached hydrogen (secondary N) is 1. The molecular formula is C30H40N2O5S. The molecule has 1 fully saturated rings. The van der Waals surface area contributed by atoms with Crippen LogP contribution in [0.15, 0.2) is 54.6 Å². The number of benzene rings is 2. The number of likely N-dealkylation sites (N-methyl/N-ethyl adjacent to an activating group) is 1. The molecule has 1 unspecified atom stereocenters. The van der Waals surface area contributed by atoms with Gasteiger partial charge in [0.15, 0.2) is 0 Å². The molecule has 7 nitrogen and oxygen atoms in total. The standard InChI is InChI=1S/C30H40N2O5S/c1-29(2,3)37-28(35)31-25(27(34)36-26(33)24-17-23(38-7)19-32(24)6)30(4,5)18-20-13-15-22(16-14-20)21-11-9-8-10-12-21/h8-16,23-25H,17-19H2,1-7H3,(H,31,35)/t23-,24+,25?/m1/s1. The summed E-state index contributed by atoms with van der Waals surface area (Å²) in [6.45, 7) is 9.75. The lowest BCUT2D eigenvalue weighted by Crippen LogP contribution is -2.54. The monoisotopic (exact) mass is 540 g/mol. The van der Waals surface area contributed by atoms with Crippen molar-refractivity contribution in [2.24, 2.45) is 5.41 Å². The predicted octanol–water partition coefficient (Wildman–Crippen LogP) is 5.32. The Hall–Kier alpha value is -2.84. The average molecular weight is 541 g/mol. The fraction of sp³-hybridized carbons (Fsp3) is 0.500. The molecule has 206 valence electrons. The molecule has 0 spiro atoms. The van der Waals surface area contributed by atoms with Gasteiger partial charge in [-0.2, -0.15) is 11.8 Å². The van der Waals surface area contributed by atoms with Crippen LogP contribution in [-0.4, -0.2) is 65.7 Å². The number of amides is 1. The first kappa shape index (κ1) is 29.7. The third-order valence-corrected chi connectivity index (χ3v) is 7.72. The molecule has 38 heavy (non-hydrogen) atoms. The minimum atomic E-state index is -1.10. The second-order valence-electron chi connectivity index (χ2n) is 11.6. The van der Waals surface area contributed by atoms with Crippen LogP contribution < -0.4 is 5.32 Å². The Labute approximate surface area is 230 Å². The highest BCUT2D eigenvalue weighted by Gasteiger charge is 2.42. The molecule has 0 bridgehead atoms. The van der Waals surface area contributed by atoms with Crippen molar-refractivity contribution in [1.82, 2.24) is 10.2 Å². The van der Waals surface area contributed by atoms with Crippen molar-refractivity contribution >= 4 is 29.8 Å². The van der Waals surface area contributed by atoms with Gasteiger partial charge in [-0.05, 0) is 69.0 Å². The Morgan fingerprint density at radius 3 is 2.16 bits per heavy atom. The first-order chi connectivity index (χ1) is 17.8. The van der Waals surface area contributed by atoms with Crippen LogP contribution in [0.2, 0.25) is 0 Å². The van der Waals surface area contributed by atoms with E-state index in [4.69, 9.17) is 9.47 Å². The van der Waals surface area contributed by atoms with Gasteiger partial charge >= 0.3 is 18.0 Å². The number of carbonyl (C=O) groups is 3. The maximum atomic E-state index is 13.4. The van der Waals surface area contributed by atoms with Gasteiger partial charge in [-0.25, -0.2) is 14.4 Å². The molecule has 0 aromatic heterocycles. The molecule has 1 saturated heterocycles. The van der Waals surface area contributed by atoms with E-state index in [1.807, 2.05) is 74.5 Å². The van der Waals surface area contributed by atoms with Crippen LogP contribution in [0.25, 0.3) is 11.1 Å². The van der Waals surface area contributed by atoms with Crippen LogP contribution >= 0.6 is 11.8 Å². The number of ether oxygens (including phenoxy) is 2. The summed E-state index contributed by atoms with van der Waals surface area (Å²) in [6, 6.07) is 16.6. The molecule has 3 rings (SSSR count). The van der Waals surface area contributed by atoms with Gasteiger partial charge in [-0.3, -0.25) is 4.90 Å². The summed E-state index contributed by atoms with van der Waals surface area (Å²) < 4.78 is 10.8. The number of carbonyl (C=O) groups excluding carboxylic acids is 3. The van der Waals surface area contributed by atoms with E-state index in [0.717, 1.165) is 23.2 Å². The zero-order chi connectivity index (χ0) is 28.1. The van der Waals surface area contributed by atoms with E-state index < -0.39 is 41.1 Å². The number of nitrogens with zero attached hydrogens (tertiary/aromatic N) is 1.